The number of aryl methyl sites for hydroxylation is 1. The highest BCUT2D eigenvalue weighted by atomic mass is 79.9. The average Bonchev–Trinajstić information content (AvgIpc) is 2.61. The van der Waals surface area contributed by atoms with Crippen molar-refractivity contribution < 1.29 is 4.42 Å². The van der Waals surface area contributed by atoms with E-state index in [4.69, 9.17) is 4.42 Å². The van der Waals surface area contributed by atoms with Crippen LogP contribution in [-0.2, 0) is 6.54 Å². The van der Waals surface area contributed by atoms with Gasteiger partial charge in [-0.15, -0.1) is 0 Å². The van der Waals surface area contributed by atoms with E-state index in [1.165, 1.54) is 5.56 Å². The lowest BCUT2D eigenvalue weighted by Gasteiger charge is -2.05. The fourth-order valence-corrected chi connectivity index (χ4v) is 1.77. The number of nitrogens with one attached hydrogen (secondary N) is 1. The number of rotatable bonds is 3. The highest BCUT2D eigenvalue weighted by Gasteiger charge is 2.01. The van der Waals surface area contributed by atoms with E-state index in [9.17, 15) is 0 Å². The molecule has 2 aromatic rings. The first-order valence-corrected chi connectivity index (χ1v) is 5.57. The third kappa shape index (κ3) is 2.63. The monoisotopic (exact) mass is 265 g/mol. The molecule has 0 saturated carbocycles. The molecule has 1 aromatic carbocycles. The van der Waals surface area contributed by atoms with Crippen molar-refractivity contribution in [3.05, 3.63) is 52.4 Å². The topological polar surface area (TPSA) is 25.2 Å². The molecule has 2 nitrogen and oxygen atoms in total. The van der Waals surface area contributed by atoms with Gasteiger partial charge >= 0.3 is 0 Å². The number of benzene rings is 1. The first-order chi connectivity index (χ1) is 7.25. The summed E-state index contributed by atoms with van der Waals surface area (Å²) in [5, 5.41) is 3.30. The molecule has 0 atom stereocenters. The normalized spacial score (nSPS) is 10.3. The molecule has 0 bridgehead atoms. The summed E-state index contributed by atoms with van der Waals surface area (Å²) >= 11 is 3.43. The molecular formula is C12H12BrNO. The van der Waals surface area contributed by atoms with Crippen molar-refractivity contribution >= 4 is 21.6 Å². The SMILES string of the molecule is Cc1ccoc1CNc1cccc(Br)c1. The fourth-order valence-electron chi connectivity index (χ4n) is 1.37. The zero-order valence-electron chi connectivity index (χ0n) is 8.46. The Kier molecular flexibility index (Phi) is 3.11. The van der Waals surface area contributed by atoms with Crippen LogP contribution in [0.4, 0.5) is 5.69 Å². The highest BCUT2D eigenvalue weighted by molar-refractivity contribution is 9.10. The summed E-state index contributed by atoms with van der Waals surface area (Å²) in [5.74, 6) is 0.981. The number of hydrogen-bond acceptors (Lipinski definition) is 2. The van der Waals surface area contributed by atoms with Crippen LogP contribution in [0.3, 0.4) is 0 Å². The molecule has 0 unspecified atom stereocenters. The van der Waals surface area contributed by atoms with Crippen molar-refractivity contribution in [1.29, 1.82) is 0 Å². The van der Waals surface area contributed by atoms with E-state index in [0.29, 0.717) is 0 Å². The van der Waals surface area contributed by atoms with Crippen LogP contribution in [0, 0.1) is 6.92 Å². The third-order valence-electron chi connectivity index (χ3n) is 2.25. The second-order valence-electron chi connectivity index (χ2n) is 3.39. The van der Waals surface area contributed by atoms with Crippen LogP contribution in [0.15, 0.2) is 45.5 Å². The van der Waals surface area contributed by atoms with E-state index >= 15 is 0 Å². The minimum absolute atomic E-state index is 0.718. The lowest BCUT2D eigenvalue weighted by molar-refractivity contribution is 0.515. The van der Waals surface area contributed by atoms with Crippen LogP contribution in [0.5, 0.6) is 0 Å². The predicted molar refractivity (Wildman–Crippen MR) is 64.9 cm³/mol. The van der Waals surface area contributed by atoms with Crippen molar-refractivity contribution in [2.75, 3.05) is 5.32 Å². The van der Waals surface area contributed by atoms with Crippen LogP contribution in [-0.4, -0.2) is 0 Å². The van der Waals surface area contributed by atoms with Crippen LogP contribution in [0.2, 0.25) is 0 Å². The first kappa shape index (κ1) is 10.3. The van der Waals surface area contributed by atoms with E-state index in [1.54, 1.807) is 6.26 Å². The second kappa shape index (κ2) is 4.53. The predicted octanol–water partition coefficient (Wildman–Crippen LogP) is 3.96. The summed E-state index contributed by atoms with van der Waals surface area (Å²) in [6.07, 6.45) is 1.72. The maximum atomic E-state index is 5.34. The molecule has 0 aliphatic rings. The van der Waals surface area contributed by atoms with Gasteiger partial charge in [-0.1, -0.05) is 22.0 Å². The van der Waals surface area contributed by atoms with E-state index < -0.39 is 0 Å². The lowest BCUT2D eigenvalue weighted by atomic mass is 10.2. The molecule has 1 heterocycles. The van der Waals surface area contributed by atoms with Gasteiger partial charge in [0.05, 0.1) is 12.8 Å². The van der Waals surface area contributed by atoms with E-state index in [1.807, 2.05) is 37.3 Å². The van der Waals surface area contributed by atoms with Gasteiger partial charge in [0.15, 0.2) is 0 Å². The van der Waals surface area contributed by atoms with Gasteiger partial charge in [0.1, 0.15) is 5.76 Å². The molecule has 1 N–H and O–H groups in total. The van der Waals surface area contributed by atoms with Gasteiger partial charge in [0, 0.05) is 10.2 Å². The molecule has 2 rings (SSSR count). The Hall–Kier alpha value is -1.22. The molecule has 78 valence electrons. The molecule has 0 spiro atoms. The van der Waals surface area contributed by atoms with Gasteiger partial charge in [-0.05, 0) is 36.8 Å². The van der Waals surface area contributed by atoms with Gasteiger partial charge < -0.3 is 9.73 Å². The number of hydrogen-bond donors (Lipinski definition) is 1. The van der Waals surface area contributed by atoms with Crippen molar-refractivity contribution in [3.8, 4) is 0 Å². The molecular weight excluding hydrogens is 254 g/mol. The maximum absolute atomic E-state index is 5.34. The molecule has 1 aromatic heterocycles. The molecule has 0 saturated heterocycles. The van der Waals surface area contributed by atoms with Crippen molar-refractivity contribution in [3.63, 3.8) is 0 Å². The number of furan rings is 1. The molecule has 0 amide bonds. The Morgan fingerprint density at radius 2 is 2.20 bits per heavy atom. The number of anilines is 1. The minimum Gasteiger partial charge on any atom is -0.467 e. The second-order valence-corrected chi connectivity index (χ2v) is 4.31. The smallest absolute Gasteiger partial charge is 0.125 e. The molecule has 0 radical (unpaired) electrons. The zero-order chi connectivity index (χ0) is 10.7. The quantitative estimate of drug-likeness (QED) is 0.909. The van der Waals surface area contributed by atoms with Crippen molar-refractivity contribution in [1.82, 2.24) is 0 Å². The Balaban J connectivity index is 2.02. The van der Waals surface area contributed by atoms with E-state index in [0.717, 1.165) is 22.5 Å². The molecule has 15 heavy (non-hydrogen) atoms. The summed E-state index contributed by atoms with van der Waals surface area (Å²) in [4.78, 5) is 0. The zero-order valence-corrected chi connectivity index (χ0v) is 10.0. The molecule has 3 heteroatoms. The average molecular weight is 266 g/mol. The summed E-state index contributed by atoms with van der Waals surface area (Å²) in [6.45, 7) is 2.76. The number of halogens is 1. The summed E-state index contributed by atoms with van der Waals surface area (Å²) in [7, 11) is 0. The minimum atomic E-state index is 0.718. The lowest BCUT2D eigenvalue weighted by Crippen LogP contribution is -1.99. The maximum Gasteiger partial charge on any atom is 0.125 e. The largest absolute Gasteiger partial charge is 0.467 e. The Labute approximate surface area is 97.4 Å². The van der Waals surface area contributed by atoms with E-state index in [-0.39, 0.29) is 0 Å². The van der Waals surface area contributed by atoms with Gasteiger partial charge in [-0.2, -0.15) is 0 Å². The van der Waals surface area contributed by atoms with Crippen molar-refractivity contribution in [2.24, 2.45) is 0 Å². The molecule has 0 fully saturated rings. The summed E-state index contributed by atoms with van der Waals surface area (Å²) in [5.41, 5.74) is 2.26. The Morgan fingerprint density at radius 1 is 1.33 bits per heavy atom. The van der Waals surface area contributed by atoms with E-state index in [2.05, 4.69) is 21.2 Å². The van der Waals surface area contributed by atoms with Gasteiger partial charge in [0.2, 0.25) is 0 Å². The van der Waals surface area contributed by atoms with Crippen LogP contribution in [0.25, 0.3) is 0 Å². The fraction of sp³-hybridized carbons (Fsp3) is 0.167. The summed E-state index contributed by atoms with van der Waals surface area (Å²) in [6, 6.07) is 10.0. The Bertz CT molecular complexity index is 450. The summed E-state index contributed by atoms with van der Waals surface area (Å²) < 4.78 is 6.41. The van der Waals surface area contributed by atoms with Gasteiger partial charge in [-0.25, -0.2) is 0 Å². The van der Waals surface area contributed by atoms with Crippen LogP contribution >= 0.6 is 15.9 Å². The first-order valence-electron chi connectivity index (χ1n) is 4.78. The molecule has 0 aliphatic heterocycles. The standard InChI is InChI=1S/C12H12BrNO/c1-9-5-6-15-12(9)8-14-11-4-2-3-10(13)7-11/h2-7,14H,8H2,1H3. The third-order valence-corrected chi connectivity index (χ3v) is 2.74. The Morgan fingerprint density at radius 3 is 2.87 bits per heavy atom. The van der Waals surface area contributed by atoms with Crippen LogP contribution in [0.1, 0.15) is 11.3 Å². The molecule has 0 aliphatic carbocycles. The highest BCUT2D eigenvalue weighted by Crippen LogP contribution is 2.17. The van der Waals surface area contributed by atoms with Gasteiger partial charge in [-0.3, -0.25) is 0 Å². The van der Waals surface area contributed by atoms with Gasteiger partial charge in [0.25, 0.3) is 0 Å². The van der Waals surface area contributed by atoms with Crippen molar-refractivity contribution in [2.45, 2.75) is 13.5 Å². The van der Waals surface area contributed by atoms with Crippen LogP contribution < -0.4 is 5.32 Å².